The Bertz CT molecular complexity index is 754. The van der Waals surface area contributed by atoms with Crippen molar-refractivity contribution in [3.63, 3.8) is 0 Å². The van der Waals surface area contributed by atoms with Gasteiger partial charge in [0.2, 0.25) is 0 Å². The zero-order valence-electron chi connectivity index (χ0n) is 11.2. The van der Waals surface area contributed by atoms with Crippen molar-refractivity contribution in [3.05, 3.63) is 66.2 Å². The number of hydrogen-bond acceptors (Lipinski definition) is 0. The number of allylic oxidation sites excluding steroid dienone is 2. The van der Waals surface area contributed by atoms with Gasteiger partial charge < -0.3 is 6.08 Å². The fraction of sp³-hybridized carbons (Fsp3) is 0.111. The second-order valence-corrected chi connectivity index (χ2v) is 4.53. The molecule has 0 aliphatic rings. The molecule has 0 saturated carbocycles. The predicted octanol–water partition coefficient (Wildman–Crippen LogP) is 5.02. The van der Waals surface area contributed by atoms with Crippen molar-refractivity contribution in [2.45, 2.75) is 13.8 Å². The van der Waals surface area contributed by atoms with E-state index in [4.69, 9.17) is 0 Å². The Morgan fingerprint density at radius 2 is 1.63 bits per heavy atom. The molecule has 0 N–H and O–H groups in total. The number of hydrogen-bond donors (Lipinski definition) is 0. The third kappa shape index (κ3) is 2.80. The first-order chi connectivity index (χ1) is 8.78. The third-order valence-electron chi connectivity index (χ3n) is 3.40. The zero-order chi connectivity index (χ0) is 12.5. The molecule has 3 aromatic rings. The minimum absolute atomic E-state index is 0. The van der Waals surface area contributed by atoms with Gasteiger partial charge in [0.25, 0.3) is 0 Å². The summed E-state index contributed by atoms with van der Waals surface area (Å²) in [5, 5.41) is 4.95. The maximum Gasteiger partial charge on any atom is 0 e. The van der Waals surface area contributed by atoms with E-state index in [1.165, 1.54) is 21.5 Å². The van der Waals surface area contributed by atoms with Crippen molar-refractivity contribution >= 4 is 27.1 Å². The third-order valence-corrected chi connectivity index (χ3v) is 3.40. The van der Waals surface area contributed by atoms with E-state index in [-0.39, 0.29) is 32.7 Å². The summed E-state index contributed by atoms with van der Waals surface area (Å²) in [6.07, 6.45) is 3.17. The molecule has 0 aliphatic heterocycles. The summed E-state index contributed by atoms with van der Waals surface area (Å²) in [6.45, 7) is 4.01. The van der Waals surface area contributed by atoms with Crippen LogP contribution in [-0.4, -0.2) is 0 Å². The Labute approximate surface area is 139 Å². The molecule has 3 rings (SSSR count). The van der Waals surface area contributed by atoms with Crippen LogP contribution in [0, 0.1) is 12.1 Å². The fourth-order valence-corrected chi connectivity index (χ4v) is 2.22. The summed E-state index contributed by atoms with van der Waals surface area (Å²) >= 11 is 0. The van der Waals surface area contributed by atoms with E-state index in [1.54, 1.807) is 0 Å². The molecule has 0 fully saturated rings. The smallest absolute Gasteiger partial charge is 0 e. The first kappa shape index (κ1) is 14.4. The van der Waals surface area contributed by atoms with Crippen LogP contribution in [-0.2, 0) is 32.7 Å². The van der Waals surface area contributed by atoms with Crippen LogP contribution in [0.5, 0.6) is 0 Å². The van der Waals surface area contributed by atoms with Crippen molar-refractivity contribution < 1.29 is 32.7 Å². The SMILES string of the molecule is C[C-]=C(C)c1[c-]c2cc3ccccc3cc2cc1.[Y]. The Morgan fingerprint density at radius 1 is 0.947 bits per heavy atom. The summed E-state index contributed by atoms with van der Waals surface area (Å²) < 4.78 is 0. The van der Waals surface area contributed by atoms with Crippen molar-refractivity contribution in [2.75, 3.05) is 0 Å². The van der Waals surface area contributed by atoms with Crippen LogP contribution >= 0.6 is 0 Å². The number of fused-ring (bicyclic) bond motifs is 2. The molecule has 3 aromatic carbocycles. The Balaban J connectivity index is 0.00000133. The normalized spacial score (nSPS) is 11.6. The van der Waals surface area contributed by atoms with E-state index < -0.39 is 0 Å². The van der Waals surface area contributed by atoms with Crippen LogP contribution in [0.25, 0.3) is 27.1 Å². The van der Waals surface area contributed by atoms with Gasteiger partial charge in [-0.2, -0.15) is 0 Å². The summed E-state index contributed by atoms with van der Waals surface area (Å²) in [4.78, 5) is 0. The van der Waals surface area contributed by atoms with Crippen molar-refractivity contribution in [2.24, 2.45) is 0 Å². The van der Waals surface area contributed by atoms with Gasteiger partial charge in [0.05, 0.1) is 0 Å². The van der Waals surface area contributed by atoms with E-state index in [9.17, 15) is 0 Å². The summed E-state index contributed by atoms with van der Waals surface area (Å²) in [5.41, 5.74) is 2.27. The second-order valence-electron chi connectivity index (χ2n) is 4.53. The van der Waals surface area contributed by atoms with Crippen molar-refractivity contribution in [3.8, 4) is 0 Å². The summed E-state index contributed by atoms with van der Waals surface area (Å²) in [5.74, 6) is 0. The van der Waals surface area contributed by atoms with Crippen LogP contribution in [0.3, 0.4) is 0 Å². The fourth-order valence-electron chi connectivity index (χ4n) is 2.22. The van der Waals surface area contributed by atoms with Gasteiger partial charge in [-0.3, -0.25) is 11.1 Å². The van der Waals surface area contributed by atoms with Crippen LogP contribution in [0.15, 0.2) is 48.5 Å². The zero-order valence-corrected chi connectivity index (χ0v) is 14.0. The molecule has 0 aliphatic carbocycles. The molecule has 0 saturated heterocycles. The van der Waals surface area contributed by atoms with Gasteiger partial charge in [-0.1, -0.05) is 41.1 Å². The topological polar surface area (TPSA) is 0 Å². The first-order valence-corrected chi connectivity index (χ1v) is 6.14. The maximum atomic E-state index is 3.47. The van der Waals surface area contributed by atoms with Gasteiger partial charge in [0.1, 0.15) is 0 Å². The van der Waals surface area contributed by atoms with Gasteiger partial charge in [-0.15, -0.1) is 31.4 Å². The molecule has 1 radical (unpaired) electrons. The number of benzene rings is 3. The average molecular weight is 319 g/mol. The standard InChI is InChI=1S/C18H14.Y/c1-3-13(2)14-8-9-17-11-15-6-4-5-7-16(15)12-18(17)10-14;/h4-9,11-12H,1-2H3;/q-2;. The maximum absolute atomic E-state index is 3.47. The summed E-state index contributed by atoms with van der Waals surface area (Å²) in [7, 11) is 0. The molecule has 0 amide bonds. The molecular weight excluding hydrogens is 305 g/mol. The number of rotatable bonds is 1. The predicted molar refractivity (Wildman–Crippen MR) is 78.3 cm³/mol. The molecule has 0 aromatic heterocycles. The first-order valence-electron chi connectivity index (χ1n) is 6.14. The van der Waals surface area contributed by atoms with Gasteiger partial charge in [-0.05, 0) is 5.39 Å². The Hall–Kier alpha value is -0.976. The monoisotopic (exact) mass is 319 g/mol. The molecule has 0 unspecified atom stereocenters. The van der Waals surface area contributed by atoms with E-state index in [2.05, 4.69) is 67.6 Å². The molecule has 91 valence electrons. The Morgan fingerprint density at radius 3 is 2.32 bits per heavy atom. The van der Waals surface area contributed by atoms with Gasteiger partial charge in [0, 0.05) is 32.7 Å². The molecule has 0 atom stereocenters. The quantitative estimate of drug-likeness (QED) is 0.436. The molecule has 0 bridgehead atoms. The van der Waals surface area contributed by atoms with Crippen molar-refractivity contribution in [1.29, 1.82) is 0 Å². The van der Waals surface area contributed by atoms with Crippen LogP contribution in [0.1, 0.15) is 19.4 Å². The minimum atomic E-state index is 0. The van der Waals surface area contributed by atoms with E-state index in [0.717, 1.165) is 11.1 Å². The molecule has 0 spiro atoms. The molecule has 1 heteroatoms. The average Bonchev–Trinajstić information content (AvgIpc) is 2.43. The Kier molecular flexibility index (Phi) is 4.55. The van der Waals surface area contributed by atoms with E-state index >= 15 is 0 Å². The minimum Gasteiger partial charge on any atom is -0.316 e. The molecule has 0 nitrogen and oxygen atoms in total. The van der Waals surface area contributed by atoms with Crippen LogP contribution < -0.4 is 0 Å². The van der Waals surface area contributed by atoms with Crippen LogP contribution in [0.2, 0.25) is 0 Å². The van der Waals surface area contributed by atoms with Gasteiger partial charge in [0.15, 0.2) is 0 Å². The molecule has 19 heavy (non-hydrogen) atoms. The second kappa shape index (κ2) is 5.99. The van der Waals surface area contributed by atoms with Gasteiger partial charge >= 0.3 is 0 Å². The van der Waals surface area contributed by atoms with Gasteiger partial charge in [-0.25, -0.2) is 12.1 Å². The summed E-state index contributed by atoms with van der Waals surface area (Å²) in [6, 6.07) is 20.6. The largest absolute Gasteiger partial charge is 0.316 e. The van der Waals surface area contributed by atoms with Crippen LogP contribution in [0.4, 0.5) is 0 Å². The van der Waals surface area contributed by atoms with Crippen molar-refractivity contribution in [1.82, 2.24) is 0 Å². The molecular formula is C18H14Y-2. The molecule has 0 heterocycles. The van der Waals surface area contributed by atoms with E-state index in [0.29, 0.717) is 0 Å². The van der Waals surface area contributed by atoms with E-state index in [1.807, 2.05) is 6.92 Å².